The number of rotatable bonds is 3. The summed E-state index contributed by atoms with van der Waals surface area (Å²) in [4.78, 5) is 4.37. The van der Waals surface area contributed by atoms with Crippen molar-refractivity contribution in [3.05, 3.63) is 75.4 Å². The Labute approximate surface area is 142 Å². The zero-order valence-corrected chi connectivity index (χ0v) is 14.2. The summed E-state index contributed by atoms with van der Waals surface area (Å²) in [5, 5.41) is 0.698. The monoisotopic (exact) mass is 373 g/mol. The average Bonchev–Trinajstić information content (AvgIpc) is 2.95. The predicted octanol–water partition coefficient (Wildman–Crippen LogP) is 6.42. The van der Waals surface area contributed by atoms with Gasteiger partial charge in [0.2, 0.25) is 0 Å². The van der Waals surface area contributed by atoms with E-state index < -0.39 is 0 Å². The quantitative estimate of drug-likeness (QED) is 0.485. The summed E-state index contributed by atoms with van der Waals surface area (Å²) in [5.74, 6) is 1.52. The molecule has 1 heterocycles. The van der Waals surface area contributed by atoms with Crippen LogP contribution in [-0.2, 0) is 0 Å². The van der Waals surface area contributed by atoms with Crippen LogP contribution in [0.1, 0.15) is 11.3 Å². The van der Waals surface area contributed by atoms with E-state index in [0.717, 1.165) is 21.5 Å². The molecule has 2 nitrogen and oxygen atoms in total. The van der Waals surface area contributed by atoms with E-state index in [4.69, 9.17) is 16.0 Å². The fraction of sp³-hybridized carbons (Fsp3) is 0.0556. The summed E-state index contributed by atoms with van der Waals surface area (Å²) in [6.07, 6.45) is 1.70. The van der Waals surface area contributed by atoms with E-state index in [1.165, 1.54) is 5.56 Å². The topological polar surface area (TPSA) is 25.5 Å². The second kappa shape index (κ2) is 6.51. The molecule has 0 saturated carbocycles. The third-order valence-electron chi connectivity index (χ3n) is 3.18. The second-order valence-corrected chi connectivity index (χ2v) is 6.21. The number of hydrogen-bond acceptors (Lipinski definition) is 2. The molecule has 0 aliphatic heterocycles. The van der Waals surface area contributed by atoms with Crippen molar-refractivity contribution in [2.45, 2.75) is 6.92 Å². The van der Waals surface area contributed by atoms with Crippen LogP contribution in [0.4, 0.5) is 5.69 Å². The minimum atomic E-state index is 0.698. The van der Waals surface area contributed by atoms with Gasteiger partial charge in [0.15, 0.2) is 0 Å². The fourth-order valence-corrected chi connectivity index (χ4v) is 2.87. The first-order valence-electron chi connectivity index (χ1n) is 6.78. The molecule has 0 saturated heterocycles. The molecule has 0 bridgehead atoms. The highest BCUT2D eigenvalue weighted by molar-refractivity contribution is 9.10. The van der Waals surface area contributed by atoms with Crippen molar-refractivity contribution in [2.24, 2.45) is 4.99 Å². The molecule has 0 fully saturated rings. The SMILES string of the molecule is Cc1ccc(-c2ccc(C=Nc3ccc(Cl)cc3)o2)c(Br)c1. The van der Waals surface area contributed by atoms with Gasteiger partial charge < -0.3 is 4.42 Å². The summed E-state index contributed by atoms with van der Waals surface area (Å²) >= 11 is 9.42. The van der Waals surface area contributed by atoms with Gasteiger partial charge in [-0.15, -0.1) is 0 Å². The lowest BCUT2D eigenvalue weighted by Crippen LogP contribution is -1.79. The molecular formula is C18H13BrClNO. The van der Waals surface area contributed by atoms with E-state index in [-0.39, 0.29) is 0 Å². The lowest BCUT2D eigenvalue weighted by atomic mass is 10.1. The number of hydrogen-bond donors (Lipinski definition) is 0. The van der Waals surface area contributed by atoms with E-state index in [9.17, 15) is 0 Å². The Hall–Kier alpha value is -1.84. The highest BCUT2D eigenvalue weighted by Crippen LogP contribution is 2.30. The molecule has 0 amide bonds. The van der Waals surface area contributed by atoms with Crippen molar-refractivity contribution in [1.29, 1.82) is 0 Å². The van der Waals surface area contributed by atoms with Gasteiger partial charge in [-0.1, -0.05) is 33.6 Å². The molecule has 0 atom stereocenters. The molecule has 3 aromatic rings. The smallest absolute Gasteiger partial charge is 0.145 e. The Morgan fingerprint density at radius 2 is 1.82 bits per heavy atom. The van der Waals surface area contributed by atoms with Crippen molar-refractivity contribution >= 4 is 39.4 Å². The Morgan fingerprint density at radius 1 is 1.05 bits per heavy atom. The van der Waals surface area contributed by atoms with Crippen LogP contribution in [0, 0.1) is 6.92 Å². The lowest BCUT2D eigenvalue weighted by molar-refractivity contribution is 0.575. The van der Waals surface area contributed by atoms with Gasteiger partial charge >= 0.3 is 0 Å². The Balaban J connectivity index is 1.83. The van der Waals surface area contributed by atoms with E-state index in [1.54, 1.807) is 6.21 Å². The lowest BCUT2D eigenvalue weighted by Gasteiger charge is -2.01. The molecule has 0 unspecified atom stereocenters. The van der Waals surface area contributed by atoms with Crippen LogP contribution >= 0.6 is 27.5 Å². The van der Waals surface area contributed by atoms with Crippen LogP contribution in [0.5, 0.6) is 0 Å². The van der Waals surface area contributed by atoms with Crippen LogP contribution in [0.2, 0.25) is 5.02 Å². The number of furan rings is 1. The van der Waals surface area contributed by atoms with Gasteiger partial charge in [-0.3, -0.25) is 4.99 Å². The number of halogens is 2. The molecule has 2 aromatic carbocycles. The largest absolute Gasteiger partial charge is 0.455 e. The van der Waals surface area contributed by atoms with E-state index in [0.29, 0.717) is 10.8 Å². The number of aliphatic imine (C=N–C) groups is 1. The summed E-state index contributed by atoms with van der Waals surface area (Å²) in [5.41, 5.74) is 3.06. The molecule has 4 heteroatoms. The number of aryl methyl sites for hydroxylation is 1. The fourth-order valence-electron chi connectivity index (χ4n) is 2.05. The molecule has 22 heavy (non-hydrogen) atoms. The zero-order valence-electron chi connectivity index (χ0n) is 11.9. The van der Waals surface area contributed by atoms with Crippen molar-refractivity contribution in [2.75, 3.05) is 0 Å². The molecule has 0 radical (unpaired) electrons. The second-order valence-electron chi connectivity index (χ2n) is 4.92. The van der Waals surface area contributed by atoms with Crippen molar-refractivity contribution in [1.82, 2.24) is 0 Å². The van der Waals surface area contributed by atoms with Crippen LogP contribution < -0.4 is 0 Å². The maximum Gasteiger partial charge on any atom is 0.145 e. The minimum Gasteiger partial charge on any atom is -0.455 e. The third-order valence-corrected chi connectivity index (χ3v) is 4.09. The van der Waals surface area contributed by atoms with Crippen molar-refractivity contribution in [3.63, 3.8) is 0 Å². The first-order chi connectivity index (χ1) is 10.6. The van der Waals surface area contributed by atoms with E-state index in [2.05, 4.69) is 40.0 Å². The van der Waals surface area contributed by atoms with E-state index >= 15 is 0 Å². The highest BCUT2D eigenvalue weighted by atomic mass is 79.9. The van der Waals surface area contributed by atoms with Crippen LogP contribution in [0.15, 0.2) is 68.5 Å². The van der Waals surface area contributed by atoms with Crippen LogP contribution in [0.25, 0.3) is 11.3 Å². The van der Waals surface area contributed by atoms with Crippen molar-refractivity contribution in [3.8, 4) is 11.3 Å². The summed E-state index contributed by atoms with van der Waals surface area (Å²) in [7, 11) is 0. The van der Waals surface area contributed by atoms with E-state index in [1.807, 2.05) is 42.5 Å². The van der Waals surface area contributed by atoms with Gasteiger partial charge in [0.25, 0.3) is 0 Å². The molecule has 1 aromatic heterocycles. The molecule has 3 rings (SSSR count). The van der Waals surface area contributed by atoms with Crippen molar-refractivity contribution < 1.29 is 4.42 Å². The molecule has 0 N–H and O–H groups in total. The van der Waals surface area contributed by atoms with Gasteiger partial charge in [-0.2, -0.15) is 0 Å². The molecule has 0 aliphatic rings. The maximum absolute atomic E-state index is 5.85. The number of nitrogens with zero attached hydrogens (tertiary/aromatic N) is 1. The summed E-state index contributed by atoms with van der Waals surface area (Å²) < 4.78 is 6.85. The maximum atomic E-state index is 5.85. The Morgan fingerprint density at radius 3 is 2.55 bits per heavy atom. The first-order valence-corrected chi connectivity index (χ1v) is 7.95. The average molecular weight is 375 g/mol. The third kappa shape index (κ3) is 3.49. The normalized spacial score (nSPS) is 11.2. The molecular weight excluding hydrogens is 362 g/mol. The number of benzene rings is 2. The van der Waals surface area contributed by atoms with Gasteiger partial charge in [0, 0.05) is 15.1 Å². The first kappa shape index (κ1) is 15.1. The van der Waals surface area contributed by atoms with Gasteiger partial charge in [0.05, 0.1) is 11.9 Å². The molecule has 0 aliphatic carbocycles. The molecule has 110 valence electrons. The highest BCUT2D eigenvalue weighted by Gasteiger charge is 2.07. The van der Waals surface area contributed by atoms with Crippen LogP contribution in [-0.4, -0.2) is 6.21 Å². The standard InChI is InChI=1S/C18H13BrClNO/c1-12-2-8-16(17(19)10-12)18-9-7-15(22-18)11-21-14-5-3-13(20)4-6-14/h2-11H,1H3. The minimum absolute atomic E-state index is 0.698. The summed E-state index contributed by atoms with van der Waals surface area (Å²) in [6, 6.07) is 17.4. The molecule has 0 spiro atoms. The Bertz CT molecular complexity index is 821. The Kier molecular flexibility index (Phi) is 4.46. The van der Waals surface area contributed by atoms with Crippen LogP contribution in [0.3, 0.4) is 0 Å². The van der Waals surface area contributed by atoms with Gasteiger partial charge in [-0.25, -0.2) is 0 Å². The predicted molar refractivity (Wildman–Crippen MR) is 95.3 cm³/mol. The summed E-state index contributed by atoms with van der Waals surface area (Å²) in [6.45, 7) is 2.06. The zero-order chi connectivity index (χ0) is 15.5. The van der Waals surface area contributed by atoms with Gasteiger partial charge in [0.1, 0.15) is 11.5 Å². The van der Waals surface area contributed by atoms with Gasteiger partial charge in [-0.05, 0) is 61.0 Å².